The lowest BCUT2D eigenvalue weighted by molar-refractivity contribution is 0.0932. The highest BCUT2D eigenvalue weighted by Crippen LogP contribution is 2.18. The average Bonchev–Trinajstić information content (AvgIpc) is 2.81. The van der Waals surface area contributed by atoms with Crippen LogP contribution in [0.25, 0.3) is 0 Å². The Morgan fingerprint density at radius 2 is 2.06 bits per heavy atom. The van der Waals surface area contributed by atoms with E-state index in [1.54, 1.807) is 13.1 Å². The number of aryl methyl sites for hydroxylation is 1. The topological polar surface area (TPSA) is 66.9 Å². The van der Waals surface area contributed by atoms with Crippen molar-refractivity contribution in [2.75, 3.05) is 12.4 Å². The van der Waals surface area contributed by atoms with Gasteiger partial charge >= 0.3 is 0 Å². The van der Waals surface area contributed by atoms with Crippen molar-refractivity contribution in [3.8, 4) is 0 Å². The standard InChI is InChI=1S/C12H18N4O/c1-8-7-10(16-12(13-2)14-8)11(17)15-9-5-3-4-6-9/h7,9H,3-6H2,1-2H3,(H,15,17)(H,13,14,16). The molecular formula is C12H18N4O. The molecule has 0 radical (unpaired) electrons. The Morgan fingerprint density at radius 1 is 1.35 bits per heavy atom. The summed E-state index contributed by atoms with van der Waals surface area (Å²) < 4.78 is 0. The van der Waals surface area contributed by atoms with Gasteiger partial charge < -0.3 is 10.6 Å². The fourth-order valence-electron chi connectivity index (χ4n) is 2.13. The highest BCUT2D eigenvalue weighted by molar-refractivity contribution is 5.92. The van der Waals surface area contributed by atoms with Crippen LogP contribution in [0, 0.1) is 6.92 Å². The van der Waals surface area contributed by atoms with E-state index in [-0.39, 0.29) is 5.91 Å². The first-order valence-corrected chi connectivity index (χ1v) is 6.03. The van der Waals surface area contributed by atoms with Crippen molar-refractivity contribution >= 4 is 11.9 Å². The SMILES string of the molecule is CNc1nc(C)cc(C(=O)NC2CCCC2)n1. The summed E-state index contributed by atoms with van der Waals surface area (Å²) in [6.45, 7) is 1.86. The highest BCUT2D eigenvalue weighted by atomic mass is 16.1. The predicted octanol–water partition coefficient (Wildman–Crippen LogP) is 1.50. The number of rotatable bonds is 3. The van der Waals surface area contributed by atoms with Gasteiger partial charge in [0, 0.05) is 18.8 Å². The maximum atomic E-state index is 12.0. The van der Waals surface area contributed by atoms with Gasteiger partial charge in [-0.25, -0.2) is 9.97 Å². The summed E-state index contributed by atoms with van der Waals surface area (Å²) in [4.78, 5) is 20.3. The average molecular weight is 234 g/mol. The van der Waals surface area contributed by atoms with E-state index >= 15 is 0 Å². The van der Waals surface area contributed by atoms with Gasteiger partial charge in [-0.1, -0.05) is 12.8 Å². The Hall–Kier alpha value is -1.65. The van der Waals surface area contributed by atoms with Gasteiger partial charge in [0.25, 0.3) is 5.91 Å². The molecule has 2 N–H and O–H groups in total. The van der Waals surface area contributed by atoms with Crippen LogP contribution in [0.3, 0.4) is 0 Å². The first kappa shape index (κ1) is 11.8. The Morgan fingerprint density at radius 3 is 2.71 bits per heavy atom. The quantitative estimate of drug-likeness (QED) is 0.831. The van der Waals surface area contributed by atoms with E-state index in [0.29, 0.717) is 17.7 Å². The molecule has 1 aliphatic carbocycles. The van der Waals surface area contributed by atoms with Gasteiger partial charge in [0.1, 0.15) is 5.69 Å². The van der Waals surface area contributed by atoms with E-state index < -0.39 is 0 Å². The molecule has 5 heteroatoms. The molecule has 92 valence electrons. The predicted molar refractivity (Wildman–Crippen MR) is 66.0 cm³/mol. The third-order valence-electron chi connectivity index (χ3n) is 3.00. The molecule has 0 atom stereocenters. The number of hydrogen-bond donors (Lipinski definition) is 2. The molecule has 0 aliphatic heterocycles. The molecule has 1 saturated carbocycles. The van der Waals surface area contributed by atoms with E-state index in [2.05, 4.69) is 20.6 Å². The molecule has 0 bridgehead atoms. The van der Waals surface area contributed by atoms with Crippen LogP contribution in [-0.4, -0.2) is 29.0 Å². The Kier molecular flexibility index (Phi) is 3.56. The third-order valence-corrected chi connectivity index (χ3v) is 3.00. The summed E-state index contributed by atoms with van der Waals surface area (Å²) in [6.07, 6.45) is 4.56. The van der Waals surface area contributed by atoms with Crippen molar-refractivity contribution in [2.45, 2.75) is 38.6 Å². The van der Waals surface area contributed by atoms with E-state index in [0.717, 1.165) is 18.5 Å². The molecule has 1 aliphatic rings. The second kappa shape index (κ2) is 5.12. The summed E-state index contributed by atoms with van der Waals surface area (Å²) in [5.41, 5.74) is 1.23. The molecule has 1 aromatic rings. The molecule has 1 heterocycles. The van der Waals surface area contributed by atoms with Gasteiger partial charge in [-0.15, -0.1) is 0 Å². The number of carbonyl (C=O) groups is 1. The van der Waals surface area contributed by atoms with E-state index in [1.165, 1.54) is 12.8 Å². The number of amides is 1. The lowest BCUT2D eigenvalue weighted by Crippen LogP contribution is -2.33. The summed E-state index contributed by atoms with van der Waals surface area (Å²) in [6, 6.07) is 2.03. The van der Waals surface area contributed by atoms with Crippen LogP contribution < -0.4 is 10.6 Å². The Labute approximate surface area is 101 Å². The fraction of sp³-hybridized carbons (Fsp3) is 0.583. The summed E-state index contributed by atoms with van der Waals surface area (Å²) >= 11 is 0. The van der Waals surface area contributed by atoms with Crippen LogP contribution in [-0.2, 0) is 0 Å². The number of anilines is 1. The van der Waals surface area contributed by atoms with Crippen molar-refractivity contribution < 1.29 is 4.79 Å². The summed E-state index contributed by atoms with van der Waals surface area (Å²) in [5.74, 6) is 0.389. The molecule has 0 unspecified atom stereocenters. The maximum Gasteiger partial charge on any atom is 0.270 e. The number of nitrogens with zero attached hydrogens (tertiary/aromatic N) is 2. The minimum Gasteiger partial charge on any atom is -0.357 e. The largest absolute Gasteiger partial charge is 0.357 e. The first-order chi connectivity index (χ1) is 8.19. The molecule has 1 aromatic heterocycles. The lowest BCUT2D eigenvalue weighted by atomic mass is 10.2. The second-order valence-corrected chi connectivity index (χ2v) is 4.42. The molecule has 17 heavy (non-hydrogen) atoms. The Bertz CT molecular complexity index is 413. The lowest BCUT2D eigenvalue weighted by Gasteiger charge is -2.12. The second-order valence-electron chi connectivity index (χ2n) is 4.42. The molecule has 0 aromatic carbocycles. The fourth-order valence-corrected chi connectivity index (χ4v) is 2.13. The third kappa shape index (κ3) is 2.93. The van der Waals surface area contributed by atoms with Crippen LogP contribution in [0.15, 0.2) is 6.07 Å². The van der Waals surface area contributed by atoms with Crippen LogP contribution in [0.5, 0.6) is 0 Å². The monoisotopic (exact) mass is 234 g/mol. The van der Waals surface area contributed by atoms with Gasteiger partial charge in [0.2, 0.25) is 5.95 Å². The van der Waals surface area contributed by atoms with Gasteiger partial charge in [-0.05, 0) is 25.8 Å². The molecule has 2 rings (SSSR count). The molecule has 1 fully saturated rings. The first-order valence-electron chi connectivity index (χ1n) is 6.03. The van der Waals surface area contributed by atoms with Crippen LogP contribution in [0.4, 0.5) is 5.95 Å². The van der Waals surface area contributed by atoms with E-state index in [9.17, 15) is 4.79 Å². The van der Waals surface area contributed by atoms with Crippen molar-refractivity contribution in [3.05, 3.63) is 17.5 Å². The van der Waals surface area contributed by atoms with Crippen molar-refractivity contribution in [1.82, 2.24) is 15.3 Å². The minimum absolute atomic E-state index is 0.0982. The minimum atomic E-state index is -0.0982. The smallest absolute Gasteiger partial charge is 0.270 e. The maximum absolute atomic E-state index is 12.0. The summed E-state index contributed by atoms with van der Waals surface area (Å²) in [5, 5.41) is 5.87. The zero-order valence-electron chi connectivity index (χ0n) is 10.3. The molecule has 5 nitrogen and oxygen atoms in total. The number of aromatic nitrogens is 2. The molecular weight excluding hydrogens is 216 g/mol. The number of nitrogens with one attached hydrogen (secondary N) is 2. The normalized spacial score (nSPS) is 15.9. The highest BCUT2D eigenvalue weighted by Gasteiger charge is 2.19. The van der Waals surface area contributed by atoms with Gasteiger partial charge in [-0.3, -0.25) is 4.79 Å². The molecule has 0 saturated heterocycles. The van der Waals surface area contributed by atoms with Gasteiger partial charge in [-0.2, -0.15) is 0 Å². The van der Waals surface area contributed by atoms with Crippen LogP contribution >= 0.6 is 0 Å². The van der Waals surface area contributed by atoms with Crippen LogP contribution in [0.2, 0.25) is 0 Å². The van der Waals surface area contributed by atoms with E-state index in [1.807, 2.05) is 6.92 Å². The number of hydrogen-bond acceptors (Lipinski definition) is 4. The zero-order valence-corrected chi connectivity index (χ0v) is 10.3. The van der Waals surface area contributed by atoms with Crippen LogP contribution in [0.1, 0.15) is 41.9 Å². The number of carbonyl (C=O) groups excluding carboxylic acids is 1. The van der Waals surface area contributed by atoms with Crippen molar-refractivity contribution in [2.24, 2.45) is 0 Å². The molecule has 1 amide bonds. The van der Waals surface area contributed by atoms with Gasteiger partial charge in [0.15, 0.2) is 0 Å². The van der Waals surface area contributed by atoms with Crippen molar-refractivity contribution in [1.29, 1.82) is 0 Å². The van der Waals surface area contributed by atoms with Crippen molar-refractivity contribution in [3.63, 3.8) is 0 Å². The summed E-state index contributed by atoms with van der Waals surface area (Å²) in [7, 11) is 1.74. The molecule has 0 spiro atoms. The Balaban J connectivity index is 2.09. The zero-order chi connectivity index (χ0) is 12.3. The van der Waals surface area contributed by atoms with E-state index in [4.69, 9.17) is 0 Å². The van der Waals surface area contributed by atoms with Gasteiger partial charge in [0.05, 0.1) is 0 Å².